The normalized spacial score (nSPS) is 12.2. The first kappa shape index (κ1) is 29.4. The lowest BCUT2D eigenvalue weighted by molar-refractivity contribution is -0.139. The van der Waals surface area contributed by atoms with Crippen LogP contribution in [0.3, 0.4) is 0 Å². The van der Waals surface area contributed by atoms with E-state index in [2.05, 4.69) is 21.2 Å². The monoisotopic (exact) mass is 599 g/mol. The molecule has 9 heteroatoms. The van der Waals surface area contributed by atoms with E-state index >= 15 is 0 Å². The third kappa shape index (κ3) is 7.45. The van der Waals surface area contributed by atoms with Gasteiger partial charge in [0, 0.05) is 17.1 Å². The number of amides is 2. The van der Waals surface area contributed by atoms with Gasteiger partial charge in [0.1, 0.15) is 12.6 Å². The van der Waals surface area contributed by atoms with Gasteiger partial charge < -0.3 is 10.2 Å². The summed E-state index contributed by atoms with van der Waals surface area (Å²) in [5.74, 6) is -0.802. The van der Waals surface area contributed by atoms with Crippen molar-refractivity contribution >= 4 is 43.5 Å². The molecule has 1 atom stereocenters. The molecule has 1 unspecified atom stereocenters. The second kappa shape index (κ2) is 13.1. The molecule has 0 bridgehead atoms. The number of hydrogen-bond acceptors (Lipinski definition) is 4. The Morgan fingerprint density at radius 3 is 2.13 bits per heavy atom. The van der Waals surface area contributed by atoms with E-state index in [1.165, 1.54) is 17.0 Å². The van der Waals surface area contributed by atoms with Crippen molar-refractivity contribution in [3.63, 3.8) is 0 Å². The van der Waals surface area contributed by atoms with Crippen LogP contribution >= 0.6 is 15.9 Å². The predicted octanol–water partition coefficient (Wildman–Crippen LogP) is 5.15. The number of anilines is 1. The van der Waals surface area contributed by atoms with Crippen molar-refractivity contribution in [2.24, 2.45) is 0 Å². The zero-order valence-corrected chi connectivity index (χ0v) is 24.5. The van der Waals surface area contributed by atoms with Crippen molar-refractivity contribution in [3.8, 4) is 0 Å². The average molecular weight is 601 g/mol. The second-order valence-electron chi connectivity index (χ2n) is 9.34. The highest BCUT2D eigenvalue weighted by molar-refractivity contribution is 9.10. The van der Waals surface area contributed by atoms with Crippen LogP contribution in [-0.4, -0.2) is 43.8 Å². The van der Waals surface area contributed by atoms with Crippen molar-refractivity contribution in [2.75, 3.05) is 10.8 Å². The number of carbonyl (C=O) groups is 2. The fourth-order valence-corrected chi connectivity index (χ4v) is 5.85. The van der Waals surface area contributed by atoms with Crippen molar-refractivity contribution in [1.29, 1.82) is 0 Å². The summed E-state index contributed by atoms with van der Waals surface area (Å²) in [6.45, 7) is 7.04. The molecule has 3 rings (SSSR count). The Hall–Kier alpha value is -3.17. The number of carbonyl (C=O) groups excluding carboxylic acids is 2. The van der Waals surface area contributed by atoms with Crippen LogP contribution in [0.1, 0.15) is 38.8 Å². The Kier molecular flexibility index (Phi) is 10.1. The molecule has 0 spiro atoms. The molecule has 1 N–H and O–H groups in total. The summed E-state index contributed by atoms with van der Waals surface area (Å²) in [6, 6.07) is 21.7. The SMILES string of the molecule is CCc1ccc(N(CC(=O)N(Cc2cccc(Br)c2)C(C)C(=O)NC(C)C)S(=O)(=O)c2ccccc2)cc1. The first-order valence-electron chi connectivity index (χ1n) is 12.5. The molecule has 0 aliphatic carbocycles. The van der Waals surface area contributed by atoms with E-state index in [1.54, 1.807) is 37.3 Å². The number of nitrogens with zero attached hydrogens (tertiary/aromatic N) is 2. The first-order chi connectivity index (χ1) is 18.0. The maximum absolute atomic E-state index is 13.9. The third-order valence-electron chi connectivity index (χ3n) is 6.08. The summed E-state index contributed by atoms with van der Waals surface area (Å²) in [5, 5.41) is 2.85. The quantitative estimate of drug-likeness (QED) is 0.330. The van der Waals surface area contributed by atoms with Gasteiger partial charge in [0.05, 0.1) is 10.6 Å². The van der Waals surface area contributed by atoms with Crippen molar-refractivity contribution in [3.05, 3.63) is 94.5 Å². The van der Waals surface area contributed by atoms with Gasteiger partial charge in [0.2, 0.25) is 11.8 Å². The number of nitrogens with one attached hydrogen (secondary N) is 1. The fraction of sp³-hybridized carbons (Fsp3) is 0.310. The highest BCUT2D eigenvalue weighted by Gasteiger charge is 2.32. The Bertz CT molecular complexity index is 1350. The van der Waals surface area contributed by atoms with Crippen LogP contribution in [0, 0.1) is 0 Å². The van der Waals surface area contributed by atoms with Crippen LogP contribution < -0.4 is 9.62 Å². The maximum Gasteiger partial charge on any atom is 0.264 e. The van der Waals surface area contributed by atoms with Gasteiger partial charge >= 0.3 is 0 Å². The van der Waals surface area contributed by atoms with Gasteiger partial charge in [0.15, 0.2) is 0 Å². The van der Waals surface area contributed by atoms with Gasteiger partial charge in [-0.15, -0.1) is 0 Å². The van der Waals surface area contributed by atoms with Crippen LogP contribution in [0.15, 0.2) is 88.2 Å². The summed E-state index contributed by atoms with van der Waals surface area (Å²) in [5.41, 5.74) is 2.23. The van der Waals surface area contributed by atoms with Crippen molar-refractivity contribution < 1.29 is 18.0 Å². The Labute approximate surface area is 234 Å². The minimum Gasteiger partial charge on any atom is -0.352 e. The van der Waals surface area contributed by atoms with E-state index in [4.69, 9.17) is 0 Å². The molecule has 7 nitrogen and oxygen atoms in total. The molecule has 0 heterocycles. The van der Waals surface area contributed by atoms with Crippen LogP contribution in [0.5, 0.6) is 0 Å². The molecule has 0 saturated heterocycles. The molecule has 0 aliphatic rings. The summed E-state index contributed by atoms with van der Waals surface area (Å²) < 4.78 is 29.5. The molecule has 0 radical (unpaired) electrons. The zero-order chi connectivity index (χ0) is 27.9. The fourth-order valence-electron chi connectivity index (χ4n) is 3.97. The number of benzene rings is 3. The van der Waals surface area contributed by atoms with Gasteiger partial charge in [-0.3, -0.25) is 13.9 Å². The van der Waals surface area contributed by atoms with Gasteiger partial charge in [-0.1, -0.05) is 65.3 Å². The molecule has 3 aromatic rings. The van der Waals surface area contributed by atoms with E-state index in [0.29, 0.717) is 5.69 Å². The number of aryl methyl sites for hydroxylation is 1. The molecule has 0 aromatic heterocycles. The smallest absolute Gasteiger partial charge is 0.264 e. The van der Waals surface area contributed by atoms with Crippen LogP contribution in [0.4, 0.5) is 5.69 Å². The lowest BCUT2D eigenvalue weighted by atomic mass is 10.1. The molecule has 0 aliphatic heterocycles. The standard InChI is InChI=1S/C29H34BrN3O4S/c1-5-23-14-16-26(17-15-23)33(38(36,37)27-12-7-6-8-13-27)20-28(34)32(22(4)29(35)31-21(2)3)19-24-10-9-11-25(30)18-24/h6-18,21-22H,5,19-20H2,1-4H3,(H,31,35). The molecule has 0 fully saturated rings. The highest BCUT2D eigenvalue weighted by atomic mass is 79.9. The van der Waals surface area contributed by atoms with Gasteiger partial charge in [0.25, 0.3) is 10.0 Å². The second-order valence-corrected chi connectivity index (χ2v) is 12.1. The van der Waals surface area contributed by atoms with Gasteiger partial charge in [-0.25, -0.2) is 8.42 Å². The Balaban J connectivity index is 2.02. The number of rotatable bonds is 11. The molecule has 38 heavy (non-hydrogen) atoms. The van der Waals surface area contributed by atoms with Crippen molar-refractivity contribution in [1.82, 2.24) is 10.2 Å². The van der Waals surface area contributed by atoms with E-state index in [0.717, 1.165) is 26.3 Å². The number of hydrogen-bond donors (Lipinski definition) is 1. The minimum absolute atomic E-state index is 0.0801. The lowest BCUT2D eigenvalue weighted by Crippen LogP contribution is -2.52. The summed E-state index contributed by atoms with van der Waals surface area (Å²) >= 11 is 3.45. The van der Waals surface area contributed by atoms with E-state index in [9.17, 15) is 18.0 Å². The minimum atomic E-state index is -4.07. The summed E-state index contributed by atoms with van der Waals surface area (Å²) in [7, 11) is -4.07. The zero-order valence-electron chi connectivity index (χ0n) is 22.1. The van der Waals surface area contributed by atoms with Crippen molar-refractivity contribution in [2.45, 2.75) is 57.6 Å². The number of halogens is 1. The Morgan fingerprint density at radius 1 is 0.895 bits per heavy atom. The van der Waals surface area contributed by atoms with E-state index in [1.807, 2.05) is 57.2 Å². The average Bonchev–Trinajstić information content (AvgIpc) is 2.90. The third-order valence-corrected chi connectivity index (χ3v) is 8.36. The summed E-state index contributed by atoms with van der Waals surface area (Å²) in [4.78, 5) is 28.3. The molecule has 0 saturated carbocycles. The van der Waals surface area contributed by atoms with Crippen LogP contribution in [-0.2, 0) is 32.6 Å². The van der Waals surface area contributed by atoms with Gasteiger partial charge in [-0.2, -0.15) is 0 Å². The molecular formula is C29H34BrN3O4S. The Morgan fingerprint density at radius 2 is 1.55 bits per heavy atom. The van der Waals surface area contributed by atoms with Crippen LogP contribution in [0.2, 0.25) is 0 Å². The molecule has 202 valence electrons. The van der Waals surface area contributed by atoms with E-state index in [-0.39, 0.29) is 23.4 Å². The number of sulfonamides is 1. The largest absolute Gasteiger partial charge is 0.352 e. The van der Waals surface area contributed by atoms with Gasteiger partial charge in [-0.05, 0) is 74.7 Å². The molecule has 3 aromatic carbocycles. The first-order valence-corrected chi connectivity index (χ1v) is 14.8. The van der Waals surface area contributed by atoms with E-state index < -0.39 is 28.5 Å². The van der Waals surface area contributed by atoms with Crippen LogP contribution in [0.25, 0.3) is 0 Å². The highest BCUT2D eigenvalue weighted by Crippen LogP contribution is 2.25. The maximum atomic E-state index is 13.9. The predicted molar refractivity (Wildman–Crippen MR) is 154 cm³/mol. The molecular weight excluding hydrogens is 566 g/mol. The lowest BCUT2D eigenvalue weighted by Gasteiger charge is -2.32. The summed E-state index contributed by atoms with van der Waals surface area (Å²) in [6.07, 6.45) is 0.799. The topological polar surface area (TPSA) is 86.8 Å². The molecule has 2 amide bonds.